The molecular weight excluding hydrogens is 222 g/mol. The van der Waals surface area contributed by atoms with Gasteiger partial charge in [0.05, 0.1) is 13.2 Å². The molecule has 0 bridgehead atoms. The van der Waals surface area contributed by atoms with Gasteiger partial charge in [-0.05, 0) is 13.0 Å². The van der Waals surface area contributed by atoms with Crippen molar-refractivity contribution in [3.05, 3.63) is 29.8 Å². The van der Waals surface area contributed by atoms with Gasteiger partial charge in [0.15, 0.2) is 0 Å². The summed E-state index contributed by atoms with van der Waals surface area (Å²) in [6, 6.07) is 6.34. The Bertz CT molecular complexity index is 379. The second-order valence-corrected chi connectivity index (χ2v) is 3.75. The van der Waals surface area contributed by atoms with Gasteiger partial charge in [0.2, 0.25) is 0 Å². The van der Waals surface area contributed by atoms with Crippen LogP contribution in [0.1, 0.15) is 12.5 Å². The van der Waals surface area contributed by atoms with Crippen molar-refractivity contribution in [2.45, 2.75) is 25.6 Å². The van der Waals surface area contributed by atoms with Crippen molar-refractivity contribution < 1.29 is 19.7 Å². The van der Waals surface area contributed by atoms with Gasteiger partial charge in [-0.15, -0.1) is 0 Å². The van der Waals surface area contributed by atoms with Crippen LogP contribution in [0.5, 0.6) is 5.75 Å². The number of carboxylic acid groups (broad SMARTS) is 1. The molecule has 0 saturated heterocycles. The minimum absolute atomic E-state index is 0.325. The van der Waals surface area contributed by atoms with Gasteiger partial charge in [0, 0.05) is 12.1 Å². The highest BCUT2D eigenvalue weighted by molar-refractivity contribution is 5.74. The number of benzene rings is 1. The molecule has 0 radical (unpaired) electrons. The summed E-state index contributed by atoms with van der Waals surface area (Å²) >= 11 is 0. The van der Waals surface area contributed by atoms with E-state index in [1.165, 1.54) is 6.92 Å². The maximum Gasteiger partial charge on any atom is 0.323 e. The molecule has 2 unspecified atom stereocenters. The lowest BCUT2D eigenvalue weighted by molar-refractivity contribution is -0.142. The van der Waals surface area contributed by atoms with E-state index in [-0.39, 0.29) is 0 Å². The van der Waals surface area contributed by atoms with Crippen LogP contribution in [0.2, 0.25) is 0 Å². The molecule has 3 N–H and O–H groups in total. The van der Waals surface area contributed by atoms with Crippen molar-refractivity contribution in [2.24, 2.45) is 0 Å². The molecule has 5 heteroatoms. The first-order valence-electron chi connectivity index (χ1n) is 5.32. The van der Waals surface area contributed by atoms with Crippen LogP contribution in [0.15, 0.2) is 24.3 Å². The number of rotatable bonds is 6. The van der Waals surface area contributed by atoms with Crippen LogP contribution < -0.4 is 10.1 Å². The van der Waals surface area contributed by atoms with Crippen LogP contribution in [0, 0.1) is 0 Å². The quantitative estimate of drug-likeness (QED) is 0.678. The Morgan fingerprint density at radius 1 is 1.47 bits per heavy atom. The molecule has 1 aromatic carbocycles. The van der Waals surface area contributed by atoms with Crippen molar-refractivity contribution >= 4 is 5.97 Å². The topological polar surface area (TPSA) is 78.8 Å². The van der Waals surface area contributed by atoms with Gasteiger partial charge in [-0.2, -0.15) is 0 Å². The van der Waals surface area contributed by atoms with Crippen molar-refractivity contribution in [1.29, 1.82) is 0 Å². The first kappa shape index (κ1) is 13.5. The van der Waals surface area contributed by atoms with Crippen LogP contribution in [0.25, 0.3) is 0 Å². The van der Waals surface area contributed by atoms with Gasteiger partial charge >= 0.3 is 5.97 Å². The summed E-state index contributed by atoms with van der Waals surface area (Å²) < 4.78 is 5.15. The zero-order valence-corrected chi connectivity index (χ0v) is 9.88. The number of nitrogens with one attached hydrogen (secondary N) is 1. The molecule has 0 spiro atoms. The number of methoxy groups -OCH3 is 1. The summed E-state index contributed by atoms with van der Waals surface area (Å²) in [6.45, 7) is 1.76. The number of hydrogen-bond acceptors (Lipinski definition) is 4. The van der Waals surface area contributed by atoms with Gasteiger partial charge in [-0.1, -0.05) is 18.2 Å². The Balaban J connectivity index is 2.68. The van der Waals surface area contributed by atoms with Gasteiger partial charge in [0.25, 0.3) is 0 Å². The maximum absolute atomic E-state index is 10.9. The average molecular weight is 239 g/mol. The summed E-state index contributed by atoms with van der Waals surface area (Å²) in [5.41, 5.74) is 0.849. The fourth-order valence-electron chi connectivity index (χ4n) is 1.53. The number of aliphatic hydroxyl groups is 1. The first-order chi connectivity index (χ1) is 8.06. The zero-order chi connectivity index (χ0) is 12.8. The minimum atomic E-state index is -1.07. The summed E-state index contributed by atoms with van der Waals surface area (Å²) in [6.07, 6.45) is -0.956. The molecule has 94 valence electrons. The molecule has 0 saturated carbocycles. The Labute approximate surface area is 100 Å². The predicted molar refractivity (Wildman–Crippen MR) is 62.9 cm³/mol. The van der Waals surface area contributed by atoms with Crippen molar-refractivity contribution in [3.8, 4) is 5.75 Å². The van der Waals surface area contributed by atoms with E-state index in [2.05, 4.69) is 5.32 Å². The highest BCUT2D eigenvalue weighted by atomic mass is 16.5. The van der Waals surface area contributed by atoms with E-state index in [9.17, 15) is 9.90 Å². The lowest BCUT2D eigenvalue weighted by atomic mass is 10.1. The Hall–Kier alpha value is -1.59. The minimum Gasteiger partial charge on any atom is -0.496 e. The molecule has 0 aliphatic rings. The molecule has 17 heavy (non-hydrogen) atoms. The van der Waals surface area contributed by atoms with Crippen LogP contribution in [0.3, 0.4) is 0 Å². The highest BCUT2D eigenvalue weighted by Gasteiger charge is 2.22. The van der Waals surface area contributed by atoms with Crippen molar-refractivity contribution in [3.63, 3.8) is 0 Å². The number of para-hydroxylation sites is 1. The zero-order valence-electron chi connectivity index (χ0n) is 9.88. The average Bonchev–Trinajstić information content (AvgIpc) is 2.29. The summed E-state index contributed by atoms with van der Waals surface area (Å²) in [4.78, 5) is 10.9. The molecule has 0 amide bonds. The lowest BCUT2D eigenvalue weighted by Crippen LogP contribution is -2.44. The molecule has 1 aromatic rings. The first-order valence-corrected chi connectivity index (χ1v) is 5.32. The molecule has 0 aromatic heterocycles. The smallest absolute Gasteiger partial charge is 0.323 e. The van der Waals surface area contributed by atoms with E-state index >= 15 is 0 Å². The van der Waals surface area contributed by atoms with Crippen molar-refractivity contribution in [1.82, 2.24) is 5.32 Å². The number of ether oxygens (including phenoxy) is 1. The fourth-order valence-corrected chi connectivity index (χ4v) is 1.53. The number of carboxylic acids is 1. The Morgan fingerprint density at radius 3 is 2.65 bits per heavy atom. The largest absolute Gasteiger partial charge is 0.496 e. The fraction of sp³-hybridized carbons (Fsp3) is 0.417. The van der Waals surface area contributed by atoms with Gasteiger partial charge in [-0.3, -0.25) is 10.1 Å². The summed E-state index contributed by atoms with van der Waals surface area (Å²) in [7, 11) is 1.56. The number of hydrogen-bond donors (Lipinski definition) is 3. The standard InChI is InChI=1S/C12H17NO4/c1-8(14)11(12(15)16)13-7-9-5-3-4-6-10(9)17-2/h3-6,8,11,13-14H,7H2,1-2H3,(H,15,16). The van der Waals surface area contributed by atoms with Crippen LogP contribution >= 0.6 is 0 Å². The second-order valence-electron chi connectivity index (χ2n) is 3.75. The molecule has 2 atom stereocenters. The normalized spacial score (nSPS) is 14.1. The van der Waals surface area contributed by atoms with Crippen LogP contribution in [0.4, 0.5) is 0 Å². The number of aliphatic carboxylic acids is 1. The third kappa shape index (κ3) is 3.72. The van der Waals surface area contributed by atoms with E-state index in [0.29, 0.717) is 12.3 Å². The van der Waals surface area contributed by atoms with E-state index < -0.39 is 18.1 Å². The molecule has 1 rings (SSSR count). The molecule has 5 nitrogen and oxygen atoms in total. The Morgan fingerprint density at radius 2 is 2.12 bits per heavy atom. The molecule has 0 aliphatic carbocycles. The van der Waals surface area contributed by atoms with Crippen LogP contribution in [-0.4, -0.2) is 35.4 Å². The van der Waals surface area contributed by atoms with E-state index in [0.717, 1.165) is 5.56 Å². The van der Waals surface area contributed by atoms with Crippen LogP contribution in [-0.2, 0) is 11.3 Å². The van der Waals surface area contributed by atoms with Crippen molar-refractivity contribution in [2.75, 3.05) is 7.11 Å². The predicted octanol–water partition coefficient (Wildman–Crippen LogP) is 0.619. The second kappa shape index (κ2) is 6.22. The van der Waals surface area contributed by atoms with Gasteiger partial charge in [0.1, 0.15) is 11.8 Å². The third-order valence-electron chi connectivity index (χ3n) is 2.45. The molecule has 0 heterocycles. The van der Waals surface area contributed by atoms with Gasteiger partial charge < -0.3 is 14.9 Å². The van der Waals surface area contributed by atoms with E-state index in [4.69, 9.17) is 9.84 Å². The monoisotopic (exact) mass is 239 g/mol. The molecule has 0 aliphatic heterocycles. The summed E-state index contributed by atoms with van der Waals surface area (Å²) in [5.74, 6) is -0.385. The lowest BCUT2D eigenvalue weighted by Gasteiger charge is -2.17. The van der Waals surface area contributed by atoms with Gasteiger partial charge in [-0.25, -0.2) is 0 Å². The Kier molecular flexibility index (Phi) is 4.93. The van der Waals surface area contributed by atoms with E-state index in [1.807, 2.05) is 18.2 Å². The summed E-state index contributed by atoms with van der Waals surface area (Å²) in [5, 5.41) is 21.0. The molecule has 0 fully saturated rings. The highest BCUT2D eigenvalue weighted by Crippen LogP contribution is 2.17. The number of carbonyl (C=O) groups is 1. The molecular formula is C12H17NO4. The third-order valence-corrected chi connectivity index (χ3v) is 2.45. The van der Waals surface area contributed by atoms with E-state index in [1.54, 1.807) is 13.2 Å². The SMILES string of the molecule is COc1ccccc1CNC(C(=O)O)C(C)O. The number of aliphatic hydroxyl groups excluding tert-OH is 1. The maximum atomic E-state index is 10.9.